The SMILES string of the molecule is CN(c1ccccc1F)c1nc(C(=O)O)ccc1[N+](=O)[O-]. The van der Waals surface area contributed by atoms with E-state index in [1.807, 2.05) is 0 Å². The summed E-state index contributed by atoms with van der Waals surface area (Å²) in [5, 5.41) is 19.9. The molecule has 0 amide bonds. The summed E-state index contributed by atoms with van der Waals surface area (Å²) in [7, 11) is 1.37. The number of anilines is 2. The lowest BCUT2D eigenvalue weighted by Gasteiger charge is -2.18. The fourth-order valence-electron chi connectivity index (χ4n) is 1.79. The maximum absolute atomic E-state index is 13.8. The van der Waals surface area contributed by atoms with Crippen LogP contribution in [0.25, 0.3) is 0 Å². The lowest BCUT2D eigenvalue weighted by atomic mass is 10.2. The Morgan fingerprint density at radius 3 is 2.57 bits per heavy atom. The van der Waals surface area contributed by atoms with Gasteiger partial charge in [-0.25, -0.2) is 14.2 Å². The molecular weight excluding hydrogens is 281 g/mol. The highest BCUT2D eigenvalue weighted by Gasteiger charge is 2.23. The van der Waals surface area contributed by atoms with Gasteiger partial charge in [0.15, 0.2) is 5.69 Å². The normalized spacial score (nSPS) is 10.2. The van der Waals surface area contributed by atoms with Gasteiger partial charge in [-0.3, -0.25) is 10.1 Å². The highest BCUT2D eigenvalue weighted by Crippen LogP contribution is 2.31. The van der Waals surface area contributed by atoms with E-state index >= 15 is 0 Å². The molecule has 21 heavy (non-hydrogen) atoms. The number of rotatable bonds is 4. The van der Waals surface area contributed by atoms with Crippen molar-refractivity contribution in [1.29, 1.82) is 0 Å². The minimum Gasteiger partial charge on any atom is -0.477 e. The van der Waals surface area contributed by atoms with E-state index in [-0.39, 0.29) is 17.2 Å². The molecule has 0 aliphatic rings. The van der Waals surface area contributed by atoms with Crippen molar-refractivity contribution in [2.75, 3.05) is 11.9 Å². The Balaban J connectivity index is 2.60. The molecule has 2 rings (SSSR count). The van der Waals surface area contributed by atoms with E-state index in [1.54, 1.807) is 6.07 Å². The number of carbonyl (C=O) groups is 1. The van der Waals surface area contributed by atoms with E-state index in [9.17, 15) is 19.3 Å². The molecule has 1 aromatic heterocycles. The van der Waals surface area contributed by atoms with Gasteiger partial charge in [-0.2, -0.15) is 0 Å². The number of para-hydroxylation sites is 1. The average Bonchev–Trinajstić information content (AvgIpc) is 2.46. The first-order valence-electron chi connectivity index (χ1n) is 5.79. The van der Waals surface area contributed by atoms with Crippen LogP contribution in [0.4, 0.5) is 21.6 Å². The first-order chi connectivity index (χ1) is 9.91. The summed E-state index contributed by atoms with van der Waals surface area (Å²) in [6.07, 6.45) is 0. The van der Waals surface area contributed by atoms with Crippen LogP contribution in [-0.2, 0) is 0 Å². The second-order valence-corrected chi connectivity index (χ2v) is 4.11. The maximum atomic E-state index is 13.8. The van der Waals surface area contributed by atoms with Gasteiger partial charge in [0.25, 0.3) is 0 Å². The number of hydrogen-bond donors (Lipinski definition) is 1. The van der Waals surface area contributed by atoms with E-state index in [2.05, 4.69) is 4.98 Å². The van der Waals surface area contributed by atoms with Gasteiger partial charge in [-0.15, -0.1) is 0 Å². The molecule has 0 bridgehead atoms. The van der Waals surface area contributed by atoms with Crippen LogP contribution >= 0.6 is 0 Å². The van der Waals surface area contributed by atoms with Crippen LogP contribution in [0.2, 0.25) is 0 Å². The quantitative estimate of drug-likeness (QED) is 0.687. The summed E-state index contributed by atoms with van der Waals surface area (Å²) in [5.41, 5.74) is -0.722. The summed E-state index contributed by atoms with van der Waals surface area (Å²) in [6.45, 7) is 0. The Bertz CT molecular complexity index is 720. The Hall–Kier alpha value is -3.03. The molecule has 0 atom stereocenters. The summed E-state index contributed by atoms with van der Waals surface area (Å²) < 4.78 is 13.8. The van der Waals surface area contributed by atoms with Crippen molar-refractivity contribution in [3.05, 3.63) is 58.0 Å². The Labute approximate surface area is 118 Å². The van der Waals surface area contributed by atoms with E-state index < -0.39 is 22.4 Å². The number of hydrogen-bond acceptors (Lipinski definition) is 5. The number of nitro groups is 1. The van der Waals surface area contributed by atoms with E-state index in [0.717, 1.165) is 17.0 Å². The predicted molar refractivity (Wildman–Crippen MR) is 72.3 cm³/mol. The Morgan fingerprint density at radius 2 is 2.00 bits per heavy atom. The third-order valence-electron chi connectivity index (χ3n) is 2.80. The first-order valence-corrected chi connectivity index (χ1v) is 5.79. The number of benzene rings is 1. The van der Waals surface area contributed by atoms with Crippen LogP contribution in [0.3, 0.4) is 0 Å². The fourth-order valence-corrected chi connectivity index (χ4v) is 1.79. The third-order valence-corrected chi connectivity index (χ3v) is 2.80. The zero-order valence-corrected chi connectivity index (χ0v) is 10.9. The molecule has 0 spiro atoms. The van der Waals surface area contributed by atoms with Gasteiger partial charge in [0, 0.05) is 13.1 Å². The zero-order valence-electron chi connectivity index (χ0n) is 10.9. The number of aromatic carboxylic acids is 1. The van der Waals surface area contributed by atoms with Crippen LogP contribution in [0, 0.1) is 15.9 Å². The van der Waals surface area contributed by atoms with E-state index in [1.165, 1.54) is 25.2 Å². The van der Waals surface area contributed by atoms with Crippen molar-refractivity contribution in [3.8, 4) is 0 Å². The van der Waals surface area contributed by atoms with Gasteiger partial charge in [-0.1, -0.05) is 12.1 Å². The highest BCUT2D eigenvalue weighted by atomic mass is 19.1. The summed E-state index contributed by atoms with van der Waals surface area (Å²) in [5.74, 6) is -2.17. The first kappa shape index (κ1) is 14.4. The van der Waals surface area contributed by atoms with Gasteiger partial charge in [0.1, 0.15) is 5.82 Å². The maximum Gasteiger partial charge on any atom is 0.354 e. The van der Waals surface area contributed by atoms with E-state index in [4.69, 9.17) is 5.11 Å². The van der Waals surface area contributed by atoms with Crippen molar-refractivity contribution < 1.29 is 19.2 Å². The Kier molecular flexibility index (Phi) is 3.79. The van der Waals surface area contributed by atoms with Crippen molar-refractivity contribution in [3.63, 3.8) is 0 Å². The predicted octanol–water partition coefficient (Wildman–Crippen LogP) is 2.60. The molecule has 0 saturated heterocycles. The molecule has 2 aromatic rings. The number of carboxylic acids is 1. The molecule has 0 fully saturated rings. The fraction of sp³-hybridized carbons (Fsp3) is 0.0769. The molecule has 0 radical (unpaired) electrons. The van der Waals surface area contributed by atoms with Gasteiger partial charge in [-0.05, 0) is 18.2 Å². The molecule has 0 saturated carbocycles. The summed E-state index contributed by atoms with van der Waals surface area (Å²) >= 11 is 0. The standard InChI is InChI=1S/C13H10FN3O4/c1-16(10-5-3-2-4-8(10)14)12-11(17(20)21)7-6-9(15-12)13(18)19/h2-7H,1H3,(H,18,19). The van der Waals surface area contributed by atoms with Crippen molar-refractivity contribution >= 4 is 23.2 Å². The van der Waals surface area contributed by atoms with Crippen LogP contribution < -0.4 is 4.90 Å². The third kappa shape index (κ3) is 2.78. The second-order valence-electron chi connectivity index (χ2n) is 4.11. The van der Waals surface area contributed by atoms with Gasteiger partial charge in [0.2, 0.25) is 5.82 Å². The average molecular weight is 291 g/mol. The zero-order chi connectivity index (χ0) is 15.6. The molecule has 0 unspecified atom stereocenters. The minimum absolute atomic E-state index is 0.0515. The van der Waals surface area contributed by atoms with Crippen LogP contribution in [-0.4, -0.2) is 28.0 Å². The molecule has 0 aliphatic carbocycles. The topological polar surface area (TPSA) is 96.6 Å². The molecule has 0 aliphatic heterocycles. The summed E-state index contributed by atoms with van der Waals surface area (Å²) in [6, 6.07) is 7.69. The van der Waals surface area contributed by atoms with Crippen molar-refractivity contribution in [2.45, 2.75) is 0 Å². The number of nitrogens with zero attached hydrogens (tertiary/aromatic N) is 3. The minimum atomic E-state index is -1.33. The number of pyridine rings is 1. The Morgan fingerprint density at radius 1 is 1.33 bits per heavy atom. The van der Waals surface area contributed by atoms with Crippen LogP contribution in [0.5, 0.6) is 0 Å². The molecule has 1 heterocycles. The molecule has 108 valence electrons. The second kappa shape index (κ2) is 5.53. The van der Waals surface area contributed by atoms with Crippen molar-refractivity contribution in [2.24, 2.45) is 0 Å². The molecule has 1 aromatic carbocycles. The van der Waals surface area contributed by atoms with Gasteiger partial charge in [0.05, 0.1) is 10.6 Å². The monoisotopic (exact) mass is 291 g/mol. The lowest BCUT2D eigenvalue weighted by molar-refractivity contribution is -0.384. The van der Waals surface area contributed by atoms with Gasteiger partial charge < -0.3 is 10.0 Å². The largest absolute Gasteiger partial charge is 0.477 e. The van der Waals surface area contributed by atoms with E-state index in [0.29, 0.717) is 0 Å². The molecular formula is C13H10FN3O4. The lowest BCUT2D eigenvalue weighted by Crippen LogP contribution is -2.16. The smallest absolute Gasteiger partial charge is 0.354 e. The molecule has 8 heteroatoms. The number of carboxylic acid groups (broad SMARTS) is 1. The summed E-state index contributed by atoms with van der Waals surface area (Å²) in [4.78, 5) is 26.1. The van der Waals surface area contributed by atoms with Crippen LogP contribution in [0.15, 0.2) is 36.4 Å². The van der Waals surface area contributed by atoms with Gasteiger partial charge >= 0.3 is 11.7 Å². The number of aromatic nitrogens is 1. The molecule has 1 N–H and O–H groups in total. The van der Waals surface area contributed by atoms with Crippen molar-refractivity contribution in [1.82, 2.24) is 4.98 Å². The molecule has 7 nitrogen and oxygen atoms in total. The number of halogens is 1. The van der Waals surface area contributed by atoms with Crippen LogP contribution in [0.1, 0.15) is 10.5 Å². The highest BCUT2D eigenvalue weighted by molar-refractivity contribution is 5.87.